The Bertz CT molecular complexity index is 454. The van der Waals surface area contributed by atoms with Crippen molar-refractivity contribution in [3.8, 4) is 6.07 Å². The summed E-state index contributed by atoms with van der Waals surface area (Å²) >= 11 is 0. The number of nitriles is 1. The Morgan fingerprint density at radius 2 is 2.00 bits per heavy atom. The fourth-order valence-corrected chi connectivity index (χ4v) is 2.77. The molecule has 2 aliphatic rings. The summed E-state index contributed by atoms with van der Waals surface area (Å²) in [5.74, 6) is 0.126. The van der Waals surface area contributed by atoms with E-state index in [2.05, 4.69) is 6.07 Å². The van der Waals surface area contributed by atoms with Crippen molar-refractivity contribution >= 4 is 0 Å². The molecule has 1 aromatic rings. The number of nitrogens with zero attached hydrogens (tertiary/aromatic N) is 1. The Morgan fingerprint density at radius 1 is 1.22 bits per heavy atom. The van der Waals surface area contributed by atoms with Gasteiger partial charge in [-0.2, -0.15) is 5.26 Å². The minimum Gasteiger partial charge on any atom is -0.348 e. The van der Waals surface area contributed by atoms with Crippen molar-refractivity contribution < 1.29 is 13.9 Å². The zero-order valence-electron chi connectivity index (χ0n) is 9.88. The summed E-state index contributed by atoms with van der Waals surface area (Å²) in [7, 11) is 0. The smallest absolute Gasteiger partial charge is 0.161 e. The van der Waals surface area contributed by atoms with Crippen LogP contribution in [-0.4, -0.2) is 12.4 Å². The molecule has 0 N–H and O–H groups in total. The quantitative estimate of drug-likeness (QED) is 0.807. The molecule has 2 aliphatic heterocycles. The minimum absolute atomic E-state index is 0.0105. The monoisotopic (exact) mass is 247 g/mol. The summed E-state index contributed by atoms with van der Waals surface area (Å²) in [6.07, 6.45) is 2.01. The number of ether oxygens (including phenoxy) is 2. The zero-order chi connectivity index (χ0) is 12.5. The van der Waals surface area contributed by atoms with Gasteiger partial charge in [-0.05, 0) is 30.5 Å². The molecule has 2 fully saturated rings. The average Bonchev–Trinajstić information content (AvgIpc) is 2.88. The van der Waals surface area contributed by atoms with E-state index in [1.807, 2.05) is 0 Å². The third kappa shape index (κ3) is 2.12. The lowest BCUT2D eigenvalue weighted by Gasteiger charge is -2.15. The van der Waals surface area contributed by atoms with Crippen LogP contribution >= 0.6 is 0 Å². The Morgan fingerprint density at radius 3 is 2.67 bits per heavy atom. The van der Waals surface area contributed by atoms with Gasteiger partial charge in [0.1, 0.15) is 5.82 Å². The van der Waals surface area contributed by atoms with Crippen LogP contribution in [0.5, 0.6) is 0 Å². The third-order valence-electron chi connectivity index (χ3n) is 3.65. The van der Waals surface area contributed by atoms with Gasteiger partial charge in [0.05, 0.1) is 24.7 Å². The van der Waals surface area contributed by atoms with Crippen molar-refractivity contribution in [2.24, 2.45) is 5.92 Å². The Kier molecular flexibility index (Phi) is 3.02. The minimum atomic E-state index is -0.234. The van der Waals surface area contributed by atoms with Crippen molar-refractivity contribution in [1.29, 1.82) is 5.26 Å². The summed E-state index contributed by atoms with van der Waals surface area (Å²) in [6, 6.07) is 8.54. The maximum atomic E-state index is 12.8. The lowest BCUT2D eigenvalue weighted by molar-refractivity contribution is -0.138. The van der Waals surface area contributed by atoms with Gasteiger partial charge in [0.25, 0.3) is 0 Å². The largest absolute Gasteiger partial charge is 0.348 e. The fourth-order valence-electron chi connectivity index (χ4n) is 2.77. The first-order valence-corrected chi connectivity index (χ1v) is 6.19. The predicted molar refractivity (Wildman–Crippen MR) is 61.8 cm³/mol. The highest BCUT2D eigenvalue weighted by Gasteiger charge is 2.44. The second-order valence-electron chi connectivity index (χ2n) is 4.90. The van der Waals surface area contributed by atoms with E-state index in [1.165, 1.54) is 12.1 Å². The van der Waals surface area contributed by atoms with E-state index in [0.717, 1.165) is 18.4 Å². The fraction of sp³-hybridized carbons (Fsp3) is 0.500. The molecule has 0 bridgehead atoms. The van der Waals surface area contributed by atoms with Crippen LogP contribution < -0.4 is 0 Å². The van der Waals surface area contributed by atoms with Crippen LogP contribution in [-0.2, 0) is 9.47 Å². The molecule has 2 heterocycles. The number of halogens is 1. The number of fused-ring (bicyclic) bond motifs is 1. The molecular weight excluding hydrogens is 233 g/mol. The molecule has 4 atom stereocenters. The molecule has 94 valence electrons. The third-order valence-corrected chi connectivity index (χ3v) is 3.65. The molecule has 0 spiro atoms. The Hall–Kier alpha value is -1.44. The molecule has 3 rings (SSSR count). The van der Waals surface area contributed by atoms with Crippen LogP contribution in [0, 0.1) is 23.1 Å². The normalized spacial score (nSPS) is 34.2. The summed E-state index contributed by atoms with van der Waals surface area (Å²) < 4.78 is 24.4. The Balaban J connectivity index is 1.65. The van der Waals surface area contributed by atoms with Crippen molar-refractivity contribution in [3.63, 3.8) is 0 Å². The van der Waals surface area contributed by atoms with Gasteiger partial charge in [-0.1, -0.05) is 12.1 Å². The van der Waals surface area contributed by atoms with E-state index in [0.29, 0.717) is 12.3 Å². The topological polar surface area (TPSA) is 42.2 Å². The van der Waals surface area contributed by atoms with Crippen LogP contribution in [0.1, 0.15) is 30.9 Å². The molecule has 0 saturated carbocycles. The standard InChI is InChI=1S/C14H14FNO2/c15-11-3-1-9(2-4-11)13-8-10-7-12(5-6-16)17-14(10)18-13/h1-4,10,12-14H,5,7-8H2. The van der Waals surface area contributed by atoms with Gasteiger partial charge < -0.3 is 9.47 Å². The van der Waals surface area contributed by atoms with Gasteiger partial charge in [-0.3, -0.25) is 0 Å². The Labute approximate surface area is 105 Å². The predicted octanol–water partition coefficient (Wildman–Crippen LogP) is 2.93. The molecule has 0 radical (unpaired) electrons. The summed E-state index contributed by atoms with van der Waals surface area (Å²) in [5.41, 5.74) is 0.992. The lowest BCUT2D eigenvalue weighted by Crippen LogP contribution is -2.13. The highest BCUT2D eigenvalue weighted by atomic mass is 19.1. The first-order valence-electron chi connectivity index (χ1n) is 6.19. The van der Waals surface area contributed by atoms with Crippen LogP contribution in [0.3, 0.4) is 0 Å². The summed E-state index contributed by atoms with van der Waals surface area (Å²) in [5, 5.41) is 8.64. The number of rotatable bonds is 2. The summed E-state index contributed by atoms with van der Waals surface area (Å²) in [6.45, 7) is 0. The highest BCUT2D eigenvalue weighted by Crippen LogP contribution is 2.44. The molecule has 0 amide bonds. The van der Waals surface area contributed by atoms with Crippen LogP contribution in [0.4, 0.5) is 4.39 Å². The maximum absolute atomic E-state index is 12.8. The molecule has 4 heteroatoms. The van der Waals surface area contributed by atoms with Crippen molar-refractivity contribution in [2.75, 3.05) is 0 Å². The van der Waals surface area contributed by atoms with Crippen LogP contribution in [0.2, 0.25) is 0 Å². The molecule has 1 aromatic carbocycles. The van der Waals surface area contributed by atoms with Gasteiger partial charge in [-0.15, -0.1) is 0 Å². The number of hydrogen-bond acceptors (Lipinski definition) is 3. The molecule has 0 aliphatic carbocycles. The van der Waals surface area contributed by atoms with Crippen molar-refractivity contribution in [3.05, 3.63) is 35.6 Å². The van der Waals surface area contributed by atoms with Gasteiger partial charge >= 0.3 is 0 Å². The molecule has 3 nitrogen and oxygen atoms in total. The number of hydrogen-bond donors (Lipinski definition) is 0. The van der Waals surface area contributed by atoms with Gasteiger partial charge in [0.2, 0.25) is 0 Å². The maximum Gasteiger partial charge on any atom is 0.161 e. The molecule has 4 unspecified atom stereocenters. The van der Waals surface area contributed by atoms with Crippen LogP contribution in [0.15, 0.2) is 24.3 Å². The van der Waals surface area contributed by atoms with E-state index in [1.54, 1.807) is 12.1 Å². The molecule has 18 heavy (non-hydrogen) atoms. The van der Waals surface area contributed by atoms with E-state index in [4.69, 9.17) is 14.7 Å². The average molecular weight is 247 g/mol. The van der Waals surface area contributed by atoms with Crippen molar-refractivity contribution in [2.45, 2.75) is 37.8 Å². The number of benzene rings is 1. The van der Waals surface area contributed by atoms with E-state index in [-0.39, 0.29) is 24.3 Å². The first kappa shape index (κ1) is 11.6. The molecule has 0 aromatic heterocycles. The molecule has 2 saturated heterocycles. The zero-order valence-corrected chi connectivity index (χ0v) is 9.88. The molecular formula is C14H14FNO2. The van der Waals surface area contributed by atoms with E-state index in [9.17, 15) is 4.39 Å². The van der Waals surface area contributed by atoms with Gasteiger partial charge in [0.15, 0.2) is 6.29 Å². The van der Waals surface area contributed by atoms with E-state index < -0.39 is 0 Å². The van der Waals surface area contributed by atoms with Gasteiger partial charge in [-0.25, -0.2) is 4.39 Å². The lowest BCUT2D eigenvalue weighted by atomic mass is 9.96. The van der Waals surface area contributed by atoms with Crippen LogP contribution in [0.25, 0.3) is 0 Å². The SMILES string of the molecule is N#CCC1CC2CC(c3ccc(F)cc3)OC2O1. The second-order valence-corrected chi connectivity index (χ2v) is 4.90. The van der Waals surface area contributed by atoms with Crippen molar-refractivity contribution in [1.82, 2.24) is 0 Å². The van der Waals surface area contributed by atoms with Gasteiger partial charge in [0, 0.05) is 5.92 Å². The first-order chi connectivity index (χ1) is 8.76. The summed E-state index contributed by atoms with van der Waals surface area (Å²) in [4.78, 5) is 0. The van der Waals surface area contributed by atoms with E-state index >= 15 is 0 Å². The second kappa shape index (κ2) is 4.68. The highest BCUT2D eigenvalue weighted by molar-refractivity contribution is 5.19.